The molecule has 0 fully saturated rings. The van der Waals surface area contributed by atoms with Gasteiger partial charge in [-0.1, -0.05) is 18.2 Å². The molecule has 3 rings (SSSR count). The van der Waals surface area contributed by atoms with Crippen LogP contribution in [0.3, 0.4) is 0 Å². The first-order valence-corrected chi connectivity index (χ1v) is 6.81. The maximum absolute atomic E-state index is 10.5. The average Bonchev–Trinajstić information content (AvgIpc) is 2.95. The lowest BCUT2D eigenvalue weighted by Gasteiger charge is -2.11. The molecule has 3 nitrogen and oxygen atoms in total. The lowest BCUT2D eigenvalue weighted by Crippen LogP contribution is -1.98. The third kappa shape index (κ3) is 2.20. The van der Waals surface area contributed by atoms with Crippen LogP contribution >= 0.6 is 11.3 Å². The second-order valence-electron chi connectivity index (χ2n) is 4.21. The van der Waals surface area contributed by atoms with Crippen LogP contribution in [0.2, 0.25) is 0 Å². The van der Waals surface area contributed by atoms with Crippen molar-refractivity contribution in [3.63, 3.8) is 0 Å². The Morgan fingerprint density at radius 2 is 2.16 bits per heavy atom. The van der Waals surface area contributed by atoms with E-state index >= 15 is 0 Å². The van der Waals surface area contributed by atoms with Gasteiger partial charge in [0.15, 0.2) is 0 Å². The van der Waals surface area contributed by atoms with Crippen LogP contribution in [-0.4, -0.2) is 17.2 Å². The quantitative estimate of drug-likeness (QED) is 0.794. The van der Waals surface area contributed by atoms with Gasteiger partial charge in [0.25, 0.3) is 0 Å². The monoisotopic (exact) mass is 271 g/mol. The smallest absolute Gasteiger partial charge is 0.129 e. The summed E-state index contributed by atoms with van der Waals surface area (Å²) in [7, 11) is 1.63. The van der Waals surface area contributed by atoms with Gasteiger partial charge < -0.3 is 9.84 Å². The number of hydrogen-bond acceptors (Lipinski definition) is 4. The highest BCUT2D eigenvalue weighted by Gasteiger charge is 2.16. The second-order valence-corrected chi connectivity index (χ2v) is 5.15. The molecule has 0 radical (unpaired) electrons. The van der Waals surface area contributed by atoms with Crippen molar-refractivity contribution in [1.29, 1.82) is 0 Å². The van der Waals surface area contributed by atoms with E-state index in [0.717, 1.165) is 27.1 Å². The van der Waals surface area contributed by atoms with Gasteiger partial charge in [0, 0.05) is 21.8 Å². The summed E-state index contributed by atoms with van der Waals surface area (Å²) in [5, 5.41) is 13.4. The minimum absolute atomic E-state index is 0.651. The Morgan fingerprint density at radius 1 is 1.26 bits per heavy atom. The number of fused-ring (bicyclic) bond motifs is 1. The van der Waals surface area contributed by atoms with E-state index in [-0.39, 0.29) is 0 Å². The Balaban J connectivity index is 2.08. The van der Waals surface area contributed by atoms with E-state index in [1.54, 1.807) is 13.3 Å². The summed E-state index contributed by atoms with van der Waals surface area (Å²) in [6, 6.07) is 11.5. The summed E-state index contributed by atoms with van der Waals surface area (Å²) in [6.07, 6.45) is 1.11. The molecule has 0 saturated carbocycles. The second kappa shape index (κ2) is 4.99. The molecule has 2 heterocycles. The first-order valence-electron chi connectivity index (χ1n) is 5.93. The lowest BCUT2D eigenvalue weighted by molar-refractivity contribution is 0.225. The average molecular weight is 271 g/mol. The molecule has 0 aliphatic heterocycles. The zero-order valence-corrected chi connectivity index (χ0v) is 11.2. The Morgan fingerprint density at radius 3 is 2.95 bits per heavy atom. The molecule has 0 amide bonds. The topological polar surface area (TPSA) is 42.4 Å². The number of benzene rings is 1. The number of methoxy groups -OCH3 is 1. The first kappa shape index (κ1) is 12.1. The number of aromatic nitrogens is 1. The number of rotatable bonds is 3. The SMILES string of the molecule is COc1csc(C(O)c2cccc3ncccc23)c1. The van der Waals surface area contributed by atoms with Crippen molar-refractivity contribution in [2.75, 3.05) is 7.11 Å². The van der Waals surface area contributed by atoms with Gasteiger partial charge in [0.2, 0.25) is 0 Å². The molecule has 19 heavy (non-hydrogen) atoms. The maximum Gasteiger partial charge on any atom is 0.129 e. The molecule has 0 aliphatic rings. The van der Waals surface area contributed by atoms with Crippen molar-refractivity contribution in [2.24, 2.45) is 0 Å². The number of ether oxygens (including phenoxy) is 1. The lowest BCUT2D eigenvalue weighted by atomic mass is 10.0. The minimum Gasteiger partial charge on any atom is -0.496 e. The molecule has 2 aromatic heterocycles. The van der Waals surface area contributed by atoms with Crippen LogP contribution in [0.4, 0.5) is 0 Å². The fourth-order valence-electron chi connectivity index (χ4n) is 2.10. The van der Waals surface area contributed by atoms with Gasteiger partial charge in [-0.3, -0.25) is 4.98 Å². The van der Waals surface area contributed by atoms with Gasteiger partial charge in [-0.25, -0.2) is 0 Å². The Hall–Kier alpha value is -1.91. The van der Waals surface area contributed by atoms with E-state index in [4.69, 9.17) is 4.74 Å². The van der Waals surface area contributed by atoms with E-state index in [1.165, 1.54) is 11.3 Å². The van der Waals surface area contributed by atoms with Crippen molar-refractivity contribution in [3.05, 3.63) is 58.4 Å². The number of nitrogens with zero attached hydrogens (tertiary/aromatic N) is 1. The largest absolute Gasteiger partial charge is 0.496 e. The normalized spacial score (nSPS) is 12.5. The van der Waals surface area contributed by atoms with Gasteiger partial charge in [0.05, 0.1) is 12.6 Å². The molecule has 1 aromatic carbocycles. The van der Waals surface area contributed by atoms with E-state index in [9.17, 15) is 5.11 Å². The van der Waals surface area contributed by atoms with Gasteiger partial charge in [-0.2, -0.15) is 0 Å². The first-order chi connectivity index (χ1) is 9.29. The van der Waals surface area contributed by atoms with Gasteiger partial charge >= 0.3 is 0 Å². The number of thiophene rings is 1. The summed E-state index contributed by atoms with van der Waals surface area (Å²) >= 11 is 1.49. The van der Waals surface area contributed by atoms with Gasteiger partial charge in [-0.05, 0) is 23.8 Å². The highest BCUT2D eigenvalue weighted by Crippen LogP contribution is 2.33. The van der Waals surface area contributed by atoms with Gasteiger partial charge in [0.1, 0.15) is 11.9 Å². The fraction of sp³-hybridized carbons (Fsp3) is 0.133. The van der Waals surface area contributed by atoms with Crippen LogP contribution in [-0.2, 0) is 0 Å². The fourth-order valence-corrected chi connectivity index (χ4v) is 2.96. The van der Waals surface area contributed by atoms with Crippen molar-refractivity contribution in [2.45, 2.75) is 6.10 Å². The van der Waals surface area contributed by atoms with E-state index in [0.29, 0.717) is 0 Å². The van der Waals surface area contributed by atoms with Gasteiger partial charge in [-0.15, -0.1) is 11.3 Å². The van der Waals surface area contributed by atoms with Crippen molar-refractivity contribution in [3.8, 4) is 5.75 Å². The Kier molecular flexibility index (Phi) is 3.19. The number of hydrogen-bond donors (Lipinski definition) is 1. The molecule has 0 spiro atoms. The van der Waals surface area contributed by atoms with Crippen molar-refractivity contribution < 1.29 is 9.84 Å². The van der Waals surface area contributed by atoms with Crippen LogP contribution in [0, 0.1) is 0 Å². The third-order valence-electron chi connectivity index (χ3n) is 3.07. The summed E-state index contributed by atoms with van der Waals surface area (Å²) in [5.74, 6) is 0.775. The molecule has 0 aliphatic carbocycles. The van der Waals surface area contributed by atoms with Crippen LogP contribution < -0.4 is 4.74 Å². The number of pyridine rings is 1. The van der Waals surface area contributed by atoms with Crippen LogP contribution in [0.15, 0.2) is 48.0 Å². The maximum atomic E-state index is 10.5. The molecular weight excluding hydrogens is 258 g/mol. The van der Waals surface area contributed by atoms with Crippen LogP contribution in [0.5, 0.6) is 5.75 Å². The number of aliphatic hydroxyl groups is 1. The molecule has 1 unspecified atom stereocenters. The zero-order chi connectivity index (χ0) is 13.2. The number of aliphatic hydroxyl groups excluding tert-OH is 1. The van der Waals surface area contributed by atoms with Crippen LogP contribution in [0.25, 0.3) is 10.9 Å². The minimum atomic E-state index is -0.651. The van der Waals surface area contributed by atoms with Crippen LogP contribution in [0.1, 0.15) is 16.5 Å². The van der Waals surface area contributed by atoms with Crippen molar-refractivity contribution in [1.82, 2.24) is 4.98 Å². The van der Waals surface area contributed by atoms with E-state index in [2.05, 4.69) is 4.98 Å². The molecule has 3 aromatic rings. The van der Waals surface area contributed by atoms with Crippen molar-refractivity contribution >= 4 is 22.2 Å². The highest BCUT2D eigenvalue weighted by atomic mass is 32.1. The molecular formula is C15H13NO2S. The van der Waals surface area contributed by atoms with E-state index < -0.39 is 6.10 Å². The predicted octanol–water partition coefficient (Wildman–Crippen LogP) is 3.39. The summed E-state index contributed by atoms with van der Waals surface area (Å²) in [5.41, 5.74) is 1.76. The Labute approximate surface area is 115 Å². The predicted molar refractivity (Wildman–Crippen MR) is 76.7 cm³/mol. The molecule has 4 heteroatoms. The Bertz CT molecular complexity index is 703. The van der Waals surface area contributed by atoms with E-state index in [1.807, 2.05) is 41.8 Å². The molecule has 1 atom stereocenters. The molecule has 0 saturated heterocycles. The zero-order valence-electron chi connectivity index (χ0n) is 10.4. The molecule has 96 valence electrons. The standard InChI is InChI=1S/C15H13NO2S/c1-18-10-8-14(19-9-10)15(17)12-4-2-6-13-11(12)5-3-7-16-13/h2-9,15,17H,1H3. The highest BCUT2D eigenvalue weighted by molar-refractivity contribution is 7.10. The molecule has 0 bridgehead atoms. The summed E-state index contributed by atoms with van der Waals surface area (Å²) in [6.45, 7) is 0. The third-order valence-corrected chi connectivity index (χ3v) is 4.04. The summed E-state index contributed by atoms with van der Waals surface area (Å²) < 4.78 is 5.16. The summed E-state index contributed by atoms with van der Waals surface area (Å²) in [4.78, 5) is 5.18. The molecule has 1 N–H and O–H groups in total.